The Hall–Kier alpha value is -1.10. The highest BCUT2D eigenvalue weighted by Gasteiger charge is 2.41. The zero-order valence-electron chi connectivity index (χ0n) is 15.4. The van der Waals surface area contributed by atoms with Crippen LogP contribution in [-0.4, -0.2) is 37.3 Å². The average molecular weight is 381 g/mol. The summed E-state index contributed by atoms with van der Waals surface area (Å²) in [5.74, 6) is 0.964. The number of carbonyl (C=O) groups is 1. The Balaban J connectivity index is 1.39. The number of ether oxygens (including phenoxy) is 3. The van der Waals surface area contributed by atoms with Crippen molar-refractivity contribution in [2.45, 2.75) is 62.7 Å². The van der Waals surface area contributed by atoms with Crippen molar-refractivity contribution >= 4 is 17.6 Å². The predicted octanol–water partition coefficient (Wildman–Crippen LogP) is 4.34. The van der Waals surface area contributed by atoms with Crippen LogP contribution in [0.1, 0.15) is 44.1 Å². The molecule has 2 fully saturated rings. The number of alkyl halides is 1. The van der Waals surface area contributed by atoms with Crippen LogP contribution in [0, 0.1) is 11.8 Å². The van der Waals surface area contributed by atoms with Crippen LogP contribution >= 0.6 is 11.6 Å². The molecule has 0 spiro atoms. The number of fused-ring (bicyclic) bond motifs is 1. The molecule has 0 bridgehead atoms. The van der Waals surface area contributed by atoms with Crippen LogP contribution < -0.4 is 0 Å². The Kier molecular flexibility index (Phi) is 7.35. The molecule has 1 aromatic carbocycles. The van der Waals surface area contributed by atoms with Gasteiger partial charge in [-0.2, -0.15) is 0 Å². The molecule has 0 radical (unpaired) electrons. The molecule has 2 aliphatic rings. The van der Waals surface area contributed by atoms with E-state index in [2.05, 4.69) is 16.9 Å². The lowest BCUT2D eigenvalue weighted by Crippen LogP contribution is -2.28. The third-order valence-electron chi connectivity index (χ3n) is 5.63. The molecule has 4 nitrogen and oxygen atoms in total. The Labute approximate surface area is 161 Å². The van der Waals surface area contributed by atoms with E-state index in [0.29, 0.717) is 37.4 Å². The molecule has 1 heterocycles. The molecule has 26 heavy (non-hydrogen) atoms. The standard InChI is InChI=1S/C21H29ClO4/c1-24-21(23)10-8-18(22)20-12-17-11-16(7-9-19(17)26-20)14-25-13-15-5-3-2-4-6-15/h2-6,16-20H,7-14H2,1H3. The van der Waals surface area contributed by atoms with Gasteiger partial charge in [-0.1, -0.05) is 30.3 Å². The zero-order chi connectivity index (χ0) is 18.4. The SMILES string of the molecule is COC(=O)CCC(Cl)C1CC2CC(COCc3ccccc3)CCC2O1. The molecule has 0 N–H and O–H groups in total. The van der Waals surface area contributed by atoms with E-state index in [-0.39, 0.29) is 17.5 Å². The highest BCUT2D eigenvalue weighted by Crippen LogP contribution is 2.42. The van der Waals surface area contributed by atoms with Crippen LogP contribution in [0.3, 0.4) is 0 Å². The lowest BCUT2D eigenvalue weighted by Gasteiger charge is -2.30. The average Bonchev–Trinajstić information content (AvgIpc) is 3.10. The molecule has 0 aromatic heterocycles. The van der Waals surface area contributed by atoms with Crippen molar-refractivity contribution in [3.63, 3.8) is 0 Å². The van der Waals surface area contributed by atoms with E-state index in [0.717, 1.165) is 32.3 Å². The fourth-order valence-corrected chi connectivity index (χ4v) is 4.46. The van der Waals surface area contributed by atoms with Gasteiger partial charge in [-0.25, -0.2) is 0 Å². The molecular formula is C21H29ClO4. The van der Waals surface area contributed by atoms with E-state index in [1.165, 1.54) is 12.7 Å². The monoisotopic (exact) mass is 380 g/mol. The summed E-state index contributed by atoms with van der Waals surface area (Å²) >= 11 is 6.48. The maximum atomic E-state index is 11.3. The minimum Gasteiger partial charge on any atom is -0.469 e. The van der Waals surface area contributed by atoms with Crippen LogP contribution in [0.25, 0.3) is 0 Å². The third-order valence-corrected chi connectivity index (χ3v) is 6.13. The van der Waals surface area contributed by atoms with Crippen LogP contribution in [0.2, 0.25) is 0 Å². The van der Waals surface area contributed by atoms with Crippen molar-refractivity contribution in [1.29, 1.82) is 0 Å². The van der Waals surface area contributed by atoms with Gasteiger partial charge in [0.05, 0.1) is 31.3 Å². The highest BCUT2D eigenvalue weighted by molar-refractivity contribution is 6.21. The quantitative estimate of drug-likeness (QED) is 0.497. The largest absolute Gasteiger partial charge is 0.469 e. The molecule has 0 amide bonds. The zero-order valence-corrected chi connectivity index (χ0v) is 16.2. The maximum Gasteiger partial charge on any atom is 0.305 e. The summed E-state index contributed by atoms with van der Waals surface area (Å²) in [4.78, 5) is 11.3. The summed E-state index contributed by atoms with van der Waals surface area (Å²) in [6.45, 7) is 1.50. The van der Waals surface area contributed by atoms with Gasteiger partial charge in [0.1, 0.15) is 0 Å². The topological polar surface area (TPSA) is 44.8 Å². The molecule has 1 saturated carbocycles. The summed E-state index contributed by atoms with van der Waals surface area (Å²) < 4.78 is 16.8. The smallest absolute Gasteiger partial charge is 0.305 e. The molecular weight excluding hydrogens is 352 g/mol. The summed E-state index contributed by atoms with van der Waals surface area (Å²) in [5.41, 5.74) is 1.22. The number of esters is 1. The molecule has 5 unspecified atom stereocenters. The van der Waals surface area contributed by atoms with Crippen molar-refractivity contribution in [2.24, 2.45) is 11.8 Å². The maximum absolute atomic E-state index is 11.3. The van der Waals surface area contributed by atoms with Gasteiger partial charge < -0.3 is 14.2 Å². The van der Waals surface area contributed by atoms with E-state index in [1.54, 1.807) is 0 Å². The van der Waals surface area contributed by atoms with Crippen LogP contribution in [-0.2, 0) is 25.6 Å². The Bertz CT molecular complexity index is 564. The first kappa shape index (κ1) is 19.7. The van der Waals surface area contributed by atoms with Gasteiger partial charge in [-0.05, 0) is 49.5 Å². The molecule has 5 heteroatoms. The molecule has 144 valence electrons. The number of carbonyl (C=O) groups excluding carboxylic acids is 1. The van der Waals surface area contributed by atoms with Gasteiger partial charge in [-0.15, -0.1) is 11.6 Å². The molecule has 5 atom stereocenters. The second-order valence-corrected chi connectivity index (χ2v) is 8.08. The molecule has 1 saturated heterocycles. The second kappa shape index (κ2) is 9.72. The fraction of sp³-hybridized carbons (Fsp3) is 0.667. The first-order valence-electron chi connectivity index (χ1n) is 9.63. The van der Waals surface area contributed by atoms with E-state index in [4.69, 9.17) is 21.1 Å². The van der Waals surface area contributed by atoms with Crippen molar-refractivity contribution in [1.82, 2.24) is 0 Å². The van der Waals surface area contributed by atoms with E-state index >= 15 is 0 Å². The number of rotatable bonds is 8. The van der Waals surface area contributed by atoms with Gasteiger partial charge >= 0.3 is 5.97 Å². The Morgan fingerprint density at radius 2 is 2.08 bits per heavy atom. The first-order valence-corrected chi connectivity index (χ1v) is 10.1. The lowest BCUT2D eigenvalue weighted by molar-refractivity contribution is -0.140. The summed E-state index contributed by atoms with van der Waals surface area (Å²) in [6.07, 6.45) is 5.73. The molecule has 1 aliphatic heterocycles. The minimum absolute atomic E-state index is 0.0558. The molecule has 1 aromatic rings. The van der Waals surface area contributed by atoms with Crippen LogP contribution in [0.5, 0.6) is 0 Å². The van der Waals surface area contributed by atoms with Gasteiger partial charge in [0.15, 0.2) is 0 Å². The van der Waals surface area contributed by atoms with Crippen molar-refractivity contribution in [3.05, 3.63) is 35.9 Å². The molecule has 3 rings (SSSR count). The first-order chi connectivity index (χ1) is 12.7. The molecule has 1 aliphatic carbocycles. The van der Waals surface area contributed by atoms with E-state index < -0.39 is 0 Å². The van der Waals surface area contributed by atoms with Crippen LogP contribution in [0.15, 0.2) is 30.3 Å². The number of methoxy groups -OCH3 is 1. The van der Waals surface area contributed by atoms with E-state index in [9.17, 15) is 4.79 Å². The second-order valence-electron chi connectivity index (χ2n) is 7.52. The van der Waals surface area contributed by atoms with Gasteiger partial charge in [0, 0.05) is 13.0 Å². The summed E-state index contributed by atoms with van der Waals surface area (Å²) in [7, 11) is 1.41. The third kappa shape index (κ3) is 5.45. The Morgan fingerprint density at radius 3 is 2.85 bits per heavy atom. The predicted molar refractivity (Wildman–Crippen MR) is 101 cm³/mol. The summed E-state index contributed by atoms with van der Waals surface area (Å²) in [5, 5.41) is -0.118. The number of hydrogen-bond donors (Lipinski definition) is 0. The van der Waals surface area contributed by atoms with E-state index in [1.807, 2.05) is 18.2 Å². The van der Waals surface area contributed by atoms with Crippen molar-refractivity contribution in [3.8, 4) is 0 Å². The lowest BCUT2D eigenvalue weighted by atomic mass is 9.79. The van der Waals surface area contributed by atoms with Crippen molar-refractivity contribution < 1.29 is 19.0 Å². The van der Waals surface area contributed by atoms with Gasteiger partial charge in [-0.3, -0.25) is 4.79 Å². The van der Waals surface area contributed by atoms with Gasteiger partial charge in [0.2, 0.25) is 0 Å². The summed E-state index contributed by atoms with van der Waals surface area (Å²) in [6, 6.07) is 10.3. The minimum atomic E-state index is -0.207. The number of benzene rings is 1. The number of hydrogen-bond acceptors (Lipinski definition) is 4. The Morgan fingerprint density at radius 1 is 1.27 bits per heavy atom. The van der Waals surface area contributed by atoms with Gasteiger partial charge in [0.25, 0.3) is 0 Å². The van der Waals surface area contributed by atoms with Crippen molar-refractivity contribution in [2.75, 3.05) is 13.7 Å². The normalized spacial score (nSPS) is 29.2. The fourth-order valence-electron chi connectivity index (χ4n) is 4.18. The van der Waals surface area contributed by atoms with Crippen LogP contribution in [0.4, 0.5) is 0 Å². The number of halogens is 1. The highest BCUT2D eigenvalue weighted by atomic mass is 35.5.